The van der Waals surface area contributed by atoms with Gasteiger partial charge in [0.05, 0.1) is 12.3 Å². The maximum absolute atomic E-state index is 11.9. The van der Waals surface area contributed by atoms with E-state index in [1.807, 2.05) is 0 Å². The molecule has 7 heteroatoms. The van der Waals surface area contributed by atoms with Gasteiger partial charge in [-0.1, -0.05) is 29.5 Å². The third-order valence-corrected chi connectivity index (χ3v) is 4.48. The molecule has 2 N–H and O–H groups in total. The van der Waals surface area contributed by atoms with E-state index in [4.69, 9.17) is 0 Å². The summed E-state index contributed by atoms with van der Waals surface area (Å²) in [6.45, 7) is 3.34. The zero-order valence-corrected chi connectivity index (χ0v) is 14.3. The Labute approximate surface area is 147 Å². The maximum atomic E-state index is 11.9. The number of fused-ring (bicyclic) bond motifs is 1. The lowest BCUT2D eigenvalue weighted by Gasteiger charge is -2.30. The Kier molecular flexibility index (Phi) is 6.14. The number of aliphatic hydroxyl groups is 1. The van der Waals surface area contributed by atoms with Gasteiger partial charge in [-0.2, -0.15) is 0 Å². The van der Waals surface area contributed by atoms with Crippen LogP contribution in [0.5, 0.6) is 0 Å². The van der Waals surface area contributed by atoms with Crippen LogP contribution in [-0.4, -0.2) is 56.6 Å². The van der Waals surface area contributed by atoms with E-state index in [1.54, 1.807) is 17.1 Å². The van der Waals surface area contributed by atoms with Crippen molar-refractivity contribution in [1.82, 2.24) is 25.2 Å². The Morgan fingerprint density at radius 2 is 2.16 bits per heavy atom. The van der Waals surface area contributed by atoms with E-state index in [-0.39, 0.29) is 5.91 Å². The van der Waals surface area contributed by atoms with Crippen molar-refractivity contribution >= 4 is 5.91 Å². The minimum atomic E-state index is -0.551. The lowest BCUT2D eigenvalue weighted by atomic mass is 10.00. The van der Waals surface area contributed by atoms with Crippen molar-refractivity contribution in [2.45, 2.75) is 38.5 Å². The van der Waals surface area contributed by atoms with Gasteiger partial charge < -0.3 is 10.4 Å². The third-order valence-electron chi connectivity index (χ3n) is 4.48. The first-order valence-corrected chi connectivity index (χ1v) is 8.79. The van der Waals surface area contributed by atoms with E-state index in [0.29, 0.717) is 32.5 Å². The predicted molar refractivity (Wildman–Crippen MR) is 93.7 cm³/mol. The summed E-state index contributed by atoms with van der Waals surface area (Å²) < 4.78 is 1.70. The van der Waals surface area contributed by atoms with Crippen molar-refractivity contribution in [3.63, 3.8) is 0 Å². The van der Waals surface area contributed by atoms with Crippen LogP contribution < -0.4 is 5.32 Å². The highest BCUT2D eigenvalue weighted by Crippen LogP contribution is 2.18. The number of aromatic nitrogens is 3. The molecule has 134 valence electrons. The van der Waals surface area contributed by atoms with Gasteiger partial charge in [0.25, 0.3) is 0 Å². The van der Waals surface area contributed by atoms with Crippen LogP contribution in [0.2, 0.25) is 0 Å². The molecule has 7 nitrogen and oxygen atoms in total. The van der Waals surface area contributed by atoms with E-state index in [0.717, 1.165) is 19.5 Å². The quantitative estimate of drug-likeness (QED) is 0.733. The molecule has 1 aromatic heterocycles. The molecule has 3 rings (SSSR count). The highest BCUT2D eigenvalue weighted by atomic mass is 16.3. The lowest BCUT2D eigenvalue weighted by molar-refractivity contribution is -0.121. The summed E-state index contributed by atoms with van der Waals surface area (Å²) in [5.74, 6) is -0.0387. The van der Waals surface area contributed by atoms with Crippen molar-refractivity contribution in [2.24, 2.45) is 0 Å². The molecule has 1 aliphatic rings. The van der Waals surface area contributed by atoms with E-state index < -0.39 is 6.10 Å². The molecular formula is C18H25N5O2. The topological polar surface area (TPSA) is 83.3 Å². The highest BCUT2D eigenvalue weighted by Gasteiger charge is 2.18. The van der Waals surface area contributed by atoms with Crippen LogP contribution in [0.25, 0.3) is 0 Å². The number of β-amino-alcohol motifs (C(OH)–C–C–N with tert-alkyl or cyclic N) is 1. The smallest absolute Gasteiger partial charge is 0.220 e. The molecule has 0 fully saturated rings. The fraction of sp³-hybridized carbons (Fsp3) is 0.500. The number of carbonyl (C=O) groups is 1. The fourth-order valence-corrected chi connectivity index (χ4v) is 3.15. The maximum Gasteiger partial charge on any atom is 0.220 e. The van der Waals surface area contributed by atoms with E-state index in [1.165, 1.54) is 11.1 Å². The SMILES string of the molecule is O=C(CCCn1ccnn1)NCC(O)CN1CCc2ccccc2C1. The third kappa shape index (κ3) is 5.37. The summed E-state index contributed by atoms with van der Waals surface area (Å²) in [6.07, 6.45) is 4.98. The largest absolute Gasteiger partial charge is 0.390 e. The number of nitrogens with zero attached hydrogens (tertiary/aromatic N) is 4. The summed E-state index contributed by atoms with van der Waals surface area (Å²) in [4.78, 5) is 14.1. The molecule has 1 unspecified atom stereocenters. The Hall–Kier alpha value is -2.25. The molecule has 1 aromatic carbocycles. The zero-order chi connectivity index (χ0) is 17.5. The Balaban J connectivity index is 1.32. The number of hydrogen-bond acceptors (Lipinski definition) is 5. The standard InChI is InChI=1S/C18H25N5O2/c24-17(12-19-18(25)6-3-9-23-11-8-20-21-23)14-22-10-7-15-4-1-2-5-16(15)13-22/h1-2,4-5,8,11,17,24H,3,6-7,9-10,12-14H2,(H,19,25). The molecule has 25 heavy (non-hydrogen) atoms. The van der Waals surface area contributed by atoms with Crippen LogP contribution in [0.3, 0.4) is 0 Å². The Morgan fingerprint density at radius 1 is 1.32 bits per heavy atom. The summed E-state index contributed by atoms with van der Waals surface area (Å²) in [6, 6.07) is 8.44. The molecule has 2 heterocycles. The number of nitrogens with one attached hydrogen (secondary N) is 1. The molecule has 0 saturated carbocycles. The molecule has 0 radical (unpaired) electrons. The molecule has 1 atom stereocenters. The van der Waals surface area contributed by atoms with E-state index in [9.17, 15) is 9.90 Å². The minimum Gasteiger partial charge on any atom is -0.390 e. The highest BCUT2D eigenvalue weighted by molar-refractivity contribution is 5.75. The molecule has 0 spiro atoms. The average molecular weight is 343 g/mol. The lowest BCUT2D eigenvalue weighted by Crippen LogP contribution is -2.42. The minimum absolute atomic E-state index is 0.0387. The fourth-order valence-electron chi connectivity index (χ4n) is 3.15. The van der Waals surface area contributed by atoms with E-state index in [2.05, 4.69) is 44.8 Å². The molecule has 0 saturated heterocycles. The first-order valence-electron chi connectivity index (χ1n) is 8.79. The Bertz CT molecular complexity index is 674. The summed E-state index contributed by atoms with van der Waals surface area (Å²) in [5.41, 5.74) is 2.73. The van der Waals surface area contributed by atoms with Crippen LogP contribution in [0.1, 0.15) is 24.0 Å². The Morgan fingerprint density at radius 3 is 2.96 bits per heavy atom. The number of amides is 1. The van der Waals surface area contributed by atoms with Crippen LogP contribution in [-0.2, 0) is 24.3 Å². The first-order chi connectivity index (χ1) is 12.2. The second kappa shape index (κ2) is 8.73. The number of hydrogen-bond donors (Lipinski definition) is 2. The van der Waals surface area contributed by atoms with Gasteiger partial charge in [-0.3, -0.25) is 14.4 Å². The molecule has 2 aromatic rings. The first kappa shape index (κ1) is 17.6. The molecule has 0 bridgehead atoms. The second-order valence-corrected chi connectivity index (χ2v) is 6.48. The van der Waals surface area contributed by atoms with E-state index >= 15 is 0 Å². The van der Waals surface area contributed by atoms with Crippen molar-refractivity contribution < 1.29 is 9.90 Å². The van der Waals surface area contributed by atoms with Gasteiger partial charge in [-0.15, -0.1) is 5.10 Å². The van der Waals surface area contributed by atoms with Crippen LogP contribution in [0, 0.1) is 0 Å². The molecule has 1 amide bonds. The molecule has 0 aliphatic carbocycles. The second-order valence-electron chi connectivity index (χ2n) is 6.48. The van der Waals surface area contributed by atoms with Crippen molar-refractivity contribution in [3.8, 4) is 0 Å². The monoisotopic (exact) mass is 343 g/mol. The normalized spacial score (nSPS) is 15.6. The van der Waals surface area contributed by atoms with Gasteiger partial charge >= 0.3 is 0 Å². The number of aryl methyl sites for hydroxylation is 1. The number of rotatable bonds is 8. The number of carbonyl (C=O) groups excluding carboxylic acids is 1. The van der Waals surface area contributed by atoms with Gasteiger partial charge in [0.15, 0.2) is 0 Å². The van der Waals surface area contributed by atoms with Gasteiger partial charge in [0.2, 0.25) is 5.91 Å². The van der Waals surface area contributed by atoms with Gasteiger partial charge in [0, 0.05) is 45.3 Å². The number of benzene rings is 1. The molecular weight excluding hydrogens is 318 g/mol. The zero-order valence-electron chi connectivity index (χ0n) is 14.3. The van der Waals surface area contributed by atoms with Crippen LogP contribution >= 0.6 is 0 Å². The van der Waals surface area contributed by atoms with Gasteiger partial charge in [0.1, 0.15) is 0 Å². The van der Waals surface area contributed by atoms with Gasteiger partial charge in [-0.25, -0.2) is 0 Å². The van der Waals surface area contributed by atoms with Crippen LogP contribution in [0.15, 0.2) is 36.7 Å². The predicted octanol–water partition coefficient (Wildman–Crippen LogP) is 0.594. The summed E-state index contributed by atoms with van der Waals surface area (Å²) >= 11 is 0. The summed E-state index contributed by atoms with van der Waals surface area (Å²) in [7, 11) is 0. The number of aliphatic hydroxyl groups excluding tert-OH is 1. The van der Waals surface area contributed by atoms with Crippen molar-refractivity contribution in [1.29, 1.82) is 0 Å². The molecule has 1 aliphatic heterocycles. The average Bonchev–Trinajstić information content (AvgIpc) is 3.13. The van der Waals surface area contributed by atoms with Crippen molar-refractivity contribution in [2.75, 3.05) is 19.6 Å². The van der Waals surface area contributed by atoms with Crippen molar-refractivity contribution in [3.05, 3.63) is 47.8 Å². The summed E-state index contributed by atoms with van der Waals surface area (Å²) in [5, 5.41) is 20.6. The van der Waals surface area contributed by atoms with Crippen LogP contribution in [0.4, 0.5) is 0 Å². The van der Waals surface area contributed by atoms with Gasteiger partial charge in [-0.05, 0) is 24.0 Å².